The second-order valence-electron chi connectivity index (χ2n) is 4.10. The van der Waals surface area contributed by atoms with Crippen molar-refractivity contribution in [3.05, 3.63) is 65.2 Å². The summed E-state index contributed by atoms with van der Waals surface area (Å²) in [5.74, 6) is -0.291. The smallest absolute Gasteiger partial charge is 0.129 e. The summed E-state index contributed by atoms with van der Waals surface area (Å²) in [6, 6.07) is 12.5. The van der Waals surface area contributed by atoms with Gasteiger partial charge in [0.25, 0.3) is 0 Å². The molecule has 0 fully saturated rings. The third kappa shape index (κ3) is 1.97. The van der Waals surface area contributed by atoms with E-state index in [9.17, 15) is 4.39 Å². The summed E-state index contributed by atoms with van der Waals surface area (Å²) < 4.78 is 15.6. The van der Waals surface area contributed by atoms with Gasteiger partial charge in [-0.05, 0) is 24.3 Å². The normalized spacial score (nSPS) is 11.0. The quantitative estimate of drug-likeness (QED) is 0.684. The molecule has 90 valence electrons. The molecule has 2 aromatic carbocycles. The number of hydrogen-bond donors (Lipinski definition) is 0. The monoisotopic (exact) mass is 260 g/mol. The highest BCUT2D eigenvalue weighted by Crippen LogP contribution is 2.18. The van der Waals surface area contributed by atoms with Crippen molar-refractivity contribution in [2.24, 2.45) is 0 Å². The first kappa shape index (κ1) is 11.2. The van der Waals surface area contributed by atoms with Crippen LogP contribution in [0, 0.1) is 5.82 Å². The minimum absolute atomic E-state index is 0.291. The van der Waals surface area contributed by atoms with Crippen LogP contribution >= 0.6 is 11.6 Å². The summed E-state index contributed by atoms with van der Waals surface area (Å²) in [6.07, 6.45) is 1.72. The van der Waals surface area contributed by atoms with Crippen molar-refractivity contribution in [1.29, 1.82) is 0 Å². The van der Waals surface area contributed by atoms with Gasteiger partial charge in [-0.25, -0.2) is 9.37 Å². The van der Waals surface area contributed by atoms with Gasteiger partial charge in [0.1, 0.15) is 5.82 Å². The molecule has 2 nitrogen and oxygen atoms in total. The Morgan fingerprint density at radius 1 is 1.17 bits per heavy atom. The van der Waals surface area contributed by atoms with Gasteiger partial charge in [0.2, 0.25) is 0 Å². The maximum atomic E-state index is 13.7. The van der Waals surface area contributed by atoms with E-state index in [2.05, 4.69) is 4.98 Å². The molecule has 0 aliphatic heterocycles. The molecule has 1 heterocycles. The number of imidazole rings is 1. The molecule has 1 aromatic heterocycles. The van der Waals surface area contributed by atoms with Gasteiger partial charge in [-0.1, -0.05) is 29.8 Å². The summed E-state index contributed by atoms with van der Waals surface area (Å²) in [7, 11) is 0. The molecule has 0 aliphatic rings. The zero-order valence-electron chi connectivity index (χ0n) is 9.48. The molecule has 0 atom stereocenters. The van der Waals surface area contributed by atoms with Crippen LogP contribution in [0.25, 0.3) is 11.0 Å². The van der Waals surface area contributed by atoms with Gasteiger partial charge in [0.05, 0.1) is 23.9 Å². The van der Waals surface area contributed by atoms with Crippen molar-refractivity contribution in [3.63, 3.8) is 0 Å². The van der Waals surface area contributed by atoms with Crippen LogP contribution in [0.2, 0.25) is 5.02 Å². The van der Waals surface area contributed by atoms with Crippen molar-refractivity contribution in [2.45, 2.75) is 6.54 Å². The zero-order chi connectivity index (χ0) is 12.5. The van der Waals surface area contributed by atoms with Crippen LogP contribution < -0.4 is 0 Å². The Morgan fingerprint density at radius 2 is 2.00 bits per heavy atom. The fourth-order valence-corrected chi connectivity index (χ4v) is 2.13. The van der Waals surface area contributed by atoms with E-state index in [4.69, 9.17) is 11.6 Å². The lowest BCUT2D eigenvalue weighted by Gasteiger charge is -2.06. The van der Waals surface area contributed by atoms with Gasteiger partial charge in [0, 0.05) is 10.6 Å². The van der Waals surface area contributed by atoms with E-state index in [1.165, 1.54) is 6.07 Å². The van der Waals surface area contributed by atoms with Gasteiger partial charge in [-0.15, -0.1) is 0 Å². The molecule has 0 radical (unpaired) electrons. The van der Waals surface area contributed by atoms with E-state index < -0.39 is 0 Å². The maximum absolute atomic E-state index is 13.7. The van der Waals surface area contributed by atoms with Crippen molar-refractivity contribution in [3.8, 4) is 0 Å². The van der Waals surface area contributed by atoms with Crippen LogP contribution in [0.1, 0.15) is 5.56 Å². The average Bonchev–Trinajstić information content (AvgIpc) is 2.76. The third-order valence-electron chi connectivity index (χ3n) is 2.88. The van der Waals surface area contributed by atoms with E-state index in [-0.39, 0.29) is 5.82 Å². The van der Waals surface area contributed by atoms with Crippen LogP contribution in [0.5, 0.6) is 0 Å². The number of halogens is 2. The highest BCUT2D eigenvalue weighted by molar-refractivity contribution is 6.30. The second kappa shape index (κ2) is 4.42. The fourth-order valence-electron chi connectivity index (χ4n) is 1.97. The lowest BCUT2D eigenvalue weighted by molar-refractivity contribution is 0.601. The van der Waals surface area contributed by atoms with Crippen molar-refractivity contribution < 1.29 is 4.39 Å². The minimum atomic E-state index is -0.291. The van der Waals surface area contributed by atoms with Crippen molar-refractivity contribution in [1.82, 2.24) is 9.55 Å². The summed E-state index contributed by atoms with van der Waals surface area (Å²) in [5.41, 5.74) is 2.50. The molecule has 0 unspecified atom stereocenters. The van der Waals surface area contributed by atoms with Crippen LogP contribution in [-0.4, -0.2) is 9.55 Å². The molecule has 0 spiro atoms. The lowest BCUT2D eigenvalue weighted by atomic mass is 10.2. The predicted molar refractivity (Wildman–Crippen MR) is 70.2 cm³/mol. The second-order valence-corrected chi connectivity index (χ2v) is 4.53. The third-order valence-corrected chi connectivity index (χ3v) is 3.12. The van der Waals surface area contributed by atoms with E-state index in [1.54, 1.807) is 18.5 Å². The first-order valence-corrected chi connectivity index (χ1v) is 5.95. The van der Waals surface area contributed by atoms with Crippen LogP contribution in [-0.2, 0) is 6.54 Å². The molecule has 0 aliphatic carbocycles. The molecule has 18 heavy (non-hydrogen) atoms. The number of benzene rings is 2. The Balaban J connectivity index is 2.01. The average molecular weight is 261 g/mol. The van der Waals surface area contributed by atoms with E-state index in [0.717, 1.165) is 11.0 Å². The summed E-state index contributed by atoms with van der Waals surface area (Å²) in [6.45, 7) is 0.448. The molecule has 3 aromatic rings. The number of para-hydroxylation sites is 2. The van der Waals surface area contributed by atoms with Gasteiger partial charge in [0.15, 0.2) is 0 Å². The minimum Gasteiger partial charge on any atom is -0.326 e. The number of nitrogens with zero attached hydrogens (tertiary/aromatic N) is 2. The molecule has 0 amide bonds. The molecule has 0 bridgehead atoms. The number of fused-ring (bicyclic) bond motifs is 1. The van der Waals surface area contributed by atoms with Gasteiger partial charge >= 0.3 is 0 Å². The molecule has 0 saturated carbocycles. The SMILES string of the molecule is Fc1cc(Cl)ccc1Cn1cnc2ccccc21. The Kier molecular flexibility index (Phi) is 2.76. The van der Waals surface area contributed by atoms with Crippen LogP contribution in [0.3, 0.4) is 0 Å². The molecule has 0 N–H and O–H groups in total. The number of hydrogen-bond acceptors (Lipinski definition) is 1. The van der Waals surface area contributed by atoms with E-state index in [0.29, 0.717) is 17.1 Å². The topological polar surface area (TPSA) is 17.8 Å². The van der Waals surface area contributed by atoms with E-state index >= 15 is 0 Å². The molecular weight excluding hydrogens is 251 g/mol. The molecule has 3 rings (SSSR count). The lowest BCUT2D eigenvalue weighted by Crippen LogP contribution is -2.00. The van der Waals surface area contributed by atoms with Crippen LogP contribution in [0.15, 0.2) is 48.8 Å². The number of rotatable bonds is 2. The summed E-state index contributed by atoms with van der Waals surface area (Å²) in [5, 5.41) is 0.409. The van der Waals surface area contributed by atoms with Crippen molar-refractivity contribution >= 4 is 22.6 Å². The molecular formula is C14H10ClFN2. The Labute approximate surface area is 109 Å². The first-order chi connectivity index (χ1) is 8.74. The highest BCUT2D eigenvalue weighted by Gasteiger charge is 2.06. The van der Waals surface area contributed by atoms with Crippen LogP contribution in [0.4, 0.5) is 4.39 Å². The summed E-state index contributed by atoms with van der Waals surface area (Å²) >= 11 is 5.73. The molecule has 0 saturated heterocycles. The van der Waals surface area contributed by atoms with E-state index in [1.807, 2.05) is 28.8 Å². The first-order valence-electron chi connectivity index (χ1n) is 5.58. The predicted octanol–water partition coefficient (Wildman–Crippen LogP) is 3.88. The maximum Gasteiger partial charge on any atom is 0.129 e. The largest absolute Gasteiger partial charge is 0.326 e. The fraction of sp³-hybridized carbons (Fsp3) is 0.0714. The van der Waals surface area contributed by atoms with Gasteiger partial charge in [-0.3, -0.25) is 0 Å². The number of aromatic nitrogens is 2. The standard InChI is InChI=1S/C14H10ClFN2/c15-11-6-5-10(12(16)7-11)8-18-9-17-13-3-1-2-4-14(13)18/h1-7,9H,8H2. The van der Waals surface area contributed by atoms with Gasteiger partial charge < -0.3 is 4.57 Å². The Bertz CT molecular complexity index is 706. The Hall–Kier alpha value is -1.87. The summed E-state index contributed by atoms with van der Waals surface area (Å²) in [4.78, 5) is 4.28. The Morgan fingerprint density at radius 3 is 2.83 bits per heavy atom. The van der Waals surface area contributed by atoms with Crippen molar-refractivity contribution in [2.75, 3.05) is 0 Å². The zero-order valence-corrected chi connectivity index (χ0v) is 10.2. The highest BCUT2D eigenvalue weighted by atomic mass is 35.5. The van der Waals surface area contributed by atoms with Gasteiger partial charge in [-0.2, -0.15) is 0 Å². The molecule has 4 heteroatoms.